The molecule has 0 radical (unpaired) electrons. The summed E-state index contributed by atoms with van der Waals surface area (Å²) in [6.07, 6.45) is 6.25. The third kappa shape index (κ3) is 2.88. The highest BCUT2D eigenvalue weighted by molar-refractivity contribution is 5.73. The van der Waals surface area contributed by atoms with E-state index < -0.39 is 5.97 Å². The van der Waals surface area contributed by atoms with Crippen LogP contribution >= 0.6 is 0 Å². The number of nitrogens with zero attached hydrogens (tertiary/aromatic N) is 1. The largest absolute Gasteiger partial charge is 0.480 e. The summed E-state index contributed by atoms with van der Waals surface area (Å²) < 4.78 is 5.02. The number of carboxylic acid groups (broad SMARTS) is 1. The van der Waals surface area contributed by atoms with Gasteiger partial charge in [0.05, 0.1) is 12.5 Å². The second-order valence-electron chi connectivity index (χ2n) is 4.75. The summed E-state index contributed by atoms with van der Waals surface area (Å²) >= 11 is 0. The van der Waals surface area contributed by atoms with E-state index in [9.17, 15) is 9.90 Å². The molecule has 0 aromatic carbocycles. The molecule has 4 heteroatoms. The number of hydrogen-bond donors (Lipinski definition) is 1. The second-order valence-corrected chi connectivity index (χ2v) is 4.75. The van der Waals surface area contributed by atoms with E-state index in [1.807, 2.05) is 11.0 Å². The molecular weight excluding hydrogens is 218 g/mol. The van der Waals surface area contributed by atoms with E-state index in [0.717, 1.165) is 31.4 Å². The van der Waals surface area contributed by atoms with Crippen molar-refractivity contribution in [1.29, 1.82) is 0 Å². The minimum Gasteiger partial charge on any atom is -0.480 e. The van der Waals surface area contributed by atoms with Crippen LogP contribution in [0.5, 0.6) is 0 Å². The van der Waals surface area contributed by atoms with Crippen LogP contribution < -0.4 is 0 Å². The van der Waals surface area contributed by atoms with Crippen LogP contribution in [-0.2, 0) is 11.3 Å². The highest BCUT2D eigenvalue weighted by atomic mass is 16.4. The smallest absolute Gasteiger partial charge is 0.320 e. The summed E-state index contributed by atoms with van der Waals surface area (Å²) in [6.45, 7) is 3.67. The first kappa shape index (κ1) is 12.2. The van der Waals surface area contributed by atoms with Crippen molar-refractivity contribution in [3.8, 4) is 0 Å². The first-order valence-electron chi connectivity index (χ1n) is 6.18. The van der Waals surface area contributed by atoms with Gasteiger partial charge in [-0.3, -0.25) is 9.69 Å². The fourth-order valence-corrected chi connectivity index (χ4v) is 2.52. The Bertz CT molecular complexity index is 361. The second kappa shape index (κ2) is 5.36. The average molecular weight is 237 g/mol. The molecule has 4 nitrogen and oxygen atoms in total. The van der Waals surface area contributed by atoms with Crippen molar-refractivity contribution in [3.05, 3.63) is 24.2 Å². The van der Waals surface area contributed by atoms with Gasteiger partial charge in [-0.25, -0.2) is 0 Å². The van der Waals surface area contributed by atoms with Crippen LogP contribution in [0.2, 0.25) is 0 Å². The number of furan rings is 1. The van der Waals surface area contributed by atoms with E-state index in [-0.39, 0.29) is 6.04 Å². The fraction of sp³-hybridized carbons (Fsp3) is 0.615. The molecular formula is C13H19NO3. The van der Waals surface area contributed by atoms with Crippen molar-refractivity contribution >= 4 is 5.97 Å². The zero-order valence-electron chi connectivity index (χ0n) is 10.1. The molecule has 2 atom stereocenters. The Kier molecular flexibility index (Phi) is 3.84. The van der Waals surface area contributed by atoms with Crippen LogP contribution in [0.3, 0.4) is 0 Å². The molecule has 0 bridgehead atoms. The van der Waals surface area contributed by atoms with E-state index in [2.05, 4.69) is 6.92 Å². The van der Waals surface area contributed by atoms with Crippen LogP contribution in [0, 0.1) is 5.92 Å². The van der Waals surface area contributed by atoms with E-state index in [4.69, 9.17) is 4.42 Å². The van der Waals surface area contributed by atoms with Gasteiger partial charge < -0.3 is 9.52 Å². The number of carboxylic acids is 1. The Morgan fingerprint density at radius 1 is 1.65 bits per heavy atom. The molecule has 0 spiro atoms. The Balaban J connectivity index is 2.02. The quantitative estimate of drug-likeness (QED) is 0.873. The van der Waals surface area contributed by atoms with Crippen molar-refractivity contribution in [3.63, 3.8) is 0 Å². The molecule has 1 aliphatic rings. The summed E-state index contributed by atoms with van der Waals surface area (Å²) in [7, 11) is 0. The summed E-state index contributed by atoms with van der Waals surface area (Å²) in [5, 5.41) is 9.29. The SMILES string of the molecule is CCC1CCN(Cc2ccoc2)C(C(=O)O)C1. The number of hydrogen-bond acceptors (Lipinski definition) is 3. The minimum atomic E-state index is -0.702. The molecule has 17 heavy (non-hydrogen) atoms. The lowest BCUT2D eigenvalue weighted by Crippen LogP contribution is -2.46. The van der Waals surface area contributed by atoms with Gasteiger partial charge in [0, 0.05) is 12.1 Å². The maximum absolute atomic E-state index is 11.3. The summed E-state index contributed by atoms with van der Waals surface area (Å²) in [5.41, 5.74) is 1.05. The Morgan fingerprint density at radius 3 is 3.06 bits per heavy atom. The number of carbonyl (C=O) groups is 1. The number of rotatable bonds is 4. The number of piperidine rings is 1. The molecule has 1 N–H and O–H groups in total. The first-order valence-corrected chi connectivity index (χ1v) is 6.18. The normalized spacial score (nSPS) is 25.9. The van der Waals surface area contributed by atoms with Crippen molar-refractivity contribution in [2.24, 2.45) is 5.92 Å². The van der Waals surface area contributed by atoms with Gasteiger partial charge in [-0.1, -0.05) is 13.3 Å². The zero-order chi connectivity index (χ0) is 12.3. The lowest BCUT2D eigenvalue weighted by atomic mass is 9.88. The Hall–Kier alpha value is -1.29. The molecule has 0 saturated carbocycles. The van der Waals surface area contributed by atoms with Crippen LogP contribution in [0.25, 0.3) is 0 Å². The maximum atomic E-state index is 11.3. The van der Waals surface area contributed by atoms with Gasteiger partial charge >= 0.3 is 5.97 Å². The molecule has 94 valence electrons. The summed E-state index contributed by atoms with van der Waals surface area (Å²) in [5.74, 6) is -0.150. The van der Waals surface area contributed by atoms with Gasteiger partial charge in [0.25, 0.3) is 0 Å². The van der Waals surface area contributed by atoms with Gasteiger partial charge in [-0.05, 0) is 31.4 Å². The first-order chi connectivity index (χ1) is 8.20. The predicted octanol–water partition coefficient (Wildman–Crippen LogP) is 2.35. The lowest BCUT2D eigenvalue weighted by Gasteiger charge is -2.36. The van der Waals surface area contributed by atoms with Crippen LogP contribution in [-0.4, -0.2) is 28.6 Å². The molecule has 1 aromatic heterocycles. The van der Waals surface area contributed by atoms with Crippen molar-refractivity contribution in [2.45, 2.75) is 38.8 Å². The Morgan fingerprint density at radius 2 is 2.47 bits per heavy atom. The molecule has 1 aromatic rings. The third-order valence-electron chi connectivity index (χ3n) is 3.65. The van der Waals surface area contributed by atoms with Crippen molar-refractivity contribution in [2.75, 3.05) is 6.54 Å². The van der Waals surface area contributed by atoms with E-state index >= 15 is 0 Å². The van der Waals surface area contributed by atoms with Crippen molar-refractivity contribution in [1.82, 2.24) is 4.90 Å². The standard InChI is InChI=1S/C13H19NO3/c1-2-10-3-5-14(12(7-10)13(15)16)8-11-4-6-17-9-11/h4,6,9-10,12H,2-3,5,7-8H2,1H3,(H,15,16). The van der Waals surface area contributed by atoms with E-state index in [0.29, 0.717) is 12.5 Å². The lowest BCUT2D eigenvalue weighted by molar-refractivity contribution is -0.145. The molecule has 2 unspecified atom stereocenters. The van der Waals surface area contributed by atoms with Crippen LogP contribution in [0.4, 0.5) is 0 Å². The minimum absolute atomic E-state index is 0.344. The maximum Gasteiger partial charge on any atom is 0.320 e. The van der Waals surface area contributed by atoms with Gasteiger partial charge in [-0.15, -0.1) is 0 Å². The number of aliphatic carboxylic acids is 1. The van der Waals surface area contributed by atoms with Gasteiger partial charge in [0.15, 0.2) is 0 Å². The molecule has 1 fully saturated rings. The average Bonchev–Trinajstić information content (AvgIpc) is 2.82. The molecule has 2 rings (SSSR count). The Labute approximate surface area is 101 Å². The van der Waals surface area contributed by atoms with Gasteiger partial charge in [-0.2, -0.15) is 0 Å². The van der Waals surface area contributed by atoms with Crippen LogP contribution in [0.1, 0.15) is 31.7 Å². The summed E-state index contributed by atoms with van der Waals surface area (Å²) in [6, 6.07) is 1.55. The molecule has 1 aliphatic heterocycles. The molecule has 1 saturated heterocycles. The monoisotopic (exact) mass is 237 g/mol. The molecule has 2 heterocycles. The van der Waals surface area contributed by atoms with E-state index in [1.165, 1.54) is 0 Å². The predicted molar refractivity (Wildman–Crippen MR) is 63.6 cm³/mol. The van der Waals surface area contributed by atoms with Crippen LogP contribution in [0.15, 0.2) is 23.0 Å². The number of likely N-dealkylation sites (tertiary alicyclic amines) is 1. The highest BCUT2D eigenvalue weighted by Crippen LogP contribution is 2.26. The summed E-state index contributed by atoms with van der Waals surface area (Å²) in [4.78, 5) is 13.3. The molecule has 0 aliphatic carbocycles. The molecule has 0 amide bonds. The van der Waals surface area contributed by atoms with E-state index in [1.54, 1.807) is 12.5 Å². The zero-order valence-corrected chi connectivity index (χ0v) is 10.1. The fourth-order valence-electron chi connectivity index (χ4n) is 2.52. The van der Waals surface area contributed by atoms with Gasteiger partial charge in [0.1, 0.15) is 6.04 Å². The van der Waals surface area contributed by atoms with Crippen molar-refractivity contribution < 1.29 is 14.3 Å². The topological polar surface area (TPSA) is 53.7 Å². The highest BCUT2D eigenvalue weighted by Gasteiger charge is 2.32. The van der Waals surface area contributed by atoms with Gasteiger partial charge in [0.2, 0.25) is 0 Å². The third-order valence-corrected chi connectivity index (χ3v) is 3.65.